The van der Waals surface area contributed by atoms with Gasteiger partial charge in [-0.05, 0) is 19.1 Å². The lowest BCUT2D eigenvalue weighted by Crippen LogP contribution is -2.55. The monoisotopic (exact) mass is 234 g/mol. The van der Waals surface area contributed by atoms with Crippen LogP contribution in [0.1, 0.15) is 17.4 Å². The number of hydrogen-bond acceptors (Lipinski definition) is 4. The van der Waals surface area contributed by atoms with Gasteiger partial charge in [0.25, 0.3) is 5.91 Å². The molecule has 1 aliphatic rings. The molecule has 1 saturated heterocycles. The summed E-state index contributed by atoms with van der Waals surface area (Å²) in [6.07, 6.45) is 0. The highest BCUT2D eigenvalue weighted by Gasteiger charge is 2.30. The molecule has 17 heavy (non-hydrogen) atoms. The average Bonchev–Trinajstić information content (AvgIpc) is 2.32. The summed E-state index contributed by atoms with van der Waals surface area (Å²) in [6.45, 7) is 2.65. The fraction of sp³-hybridized carbons (Fsp3) is 0.364. The molecule has 1 atom stereocenters. The van der Waals surface area contributed by atoms with E-state index in [2.05, 4.69) is 10.3 Å². The van der Waals surface area contributed by atoms with Crippen LogP contribution in [0.3, 0.4) is 0 Å². The van der Waals surface area contributed by atoms with Gasteiger partial charge in [-0.1, -0.05) is 6.07 Å². The average molecular weight is 234 g/mol. The Labute approximate surface area is 98.8 Å². The number of piperazine rings is 1. The van der Waals surface area contributed by atoms with Crippen molar-refractivity contribution in [2.45, 2.75) is 13.0 Å². The molecule has 2 heterocycles. The Morgan fingerprint density at radius 1 is 1.59 bits per heavy atom. The summed E-state index contributed by atoms with van der Waals surface area (Å²) in [5.74, 6) is -0.113. The van der Waals surface area contributed by atoms with Crippen LogP contribution in [0, 0.1) is 0 Å². The van der Waals surface area contributed by atoms with Crippen LogP contribution in [0.25, 0.3) is 0 Å². The first-order valence-electron chi connectivity index (χ1n) is 5.41. The molecule has 2 amide bonds. The van der Waals surface area contributed by atoms with E-state index >= 15 is 0 Å². The molecule has 1 aromatic rings. The molecule has 1 aromatic heterocycles. The van der Waals surface area contributed by atoms with E-state index in [1.165, 1.54) is 4.90 Å². The van der Waals surface area contributed by atoms with E-state index in [0.717, 1.165) is 0 Å². The third-order valence-corrected chi connectivity index (χ3v) is 2.75. The Morgan fingerprint density at radius 3 is 3.06 bits per heavy atom. The van der Waals surface area contributed by atoms with Crippen LogP contribution in [0.4, 0.5) is 5.82 Å². The van der Waals surface area contributed by atoms with E-state index in [1.807, 2.05) is 0 Å². The number of pyridine rings is 1. The lowest BCUT2D eigenvalue weighted by Gasteiger charge is -2.32. The normalized spacial score (nSPS) is 19.9. The molecular formula is C11H14N4O2. The zero-order valence-corrected chi connectivity index (χ0v) is 9.51. The highest BCUT2D eigenvalue weighted by atomic mass is 16.2. The Balaban J connectivity index is 2.22. The van der Waals surface area contributed by atoms with Crippen LogP contribution in [-0.2, 0) is 4.79 Å². The number of amides is 2. The topological polar surface area (TPSA) is 88.3 Å². The summed E-state index contributed by atoms with van der Waals surface area (Å²) < 4.78 is 0. The number of nitrogen functional groups attached to an aromatic ring is 1. The number of nitrogens with two attached hydrogens (primary N) is 1. The lowest BCUT2D eigenvalue weighted by atomic mass is 10.2. The van der Waals surface area contributed by atoms with Crippen molar-refractivity contribution in [2.75, 3.05) is 18.8 Å². The Kier molecular flexibility index (Phi) is 2.95. The predicted octanol–water partition coefficient (Wildman–Crippen LogP) is -0.376. The van der Waals surface area contributed by atoms with Crippen molar-refractivity contribution in [1.82, 2.24) is 15.2 Å². The van der Waals surface area contributed by atoms with E-state index in [-0.39, 0.29) is 17.5 Å². The van der Waals surface area contributed by atoms with E-state index in [1.54, 1.807) is 25.1 Å². The fourth-order valence-electron chi connectivity index (χ4n) is 1.78. The van der Waals surface area contributed by atoms with E-state index in [9.17, 15) is 9.59 Å². The molecule has 1 fully saturated rings. The van der Waals surface area contributed by atoms with Crippen LogP contribution >= 0.6 is 0 Å². The van der Waals surface area contributed by atoms with E-state index in [0.29, 0.717) is 18.9 Å². The van der Waals surface area contributed by atoms with Crippen LogP contribution in [0.15, 0.2) is 18.2 Å². The molecule has 0 aliphatic carbocycles. The largest absolute Gasteiger partial charge is 0.384 e. The summed E-state index contributed by atoms with van der Waals surface area (Å²) in [5.41, 5.74) is 5.80. The molecule has 1 unspecified atom stereocenters. The van der Waals surface area contributed by atoms with Gasteiger partial charge in [-0.15, -0.1) is 0 Å². The zero-order chi connectivity index (χ0) is 12.4. The van der Waals surface area contributed by atoms with Crippen LogP contribution in [0.5, 0.6) is 0 Å². The Hall–Kier alpha value is -2.11. The smallest absolute Gasteiger partial charge is 0.273 e. The molecule has 0 bridgehead atoms. The molecule has 2 rings (SSSR count). The molecule has 1 aliphatic heterocycles. The number of nitrogens with one attached hydrogen (secondary N) is 1. The van der Waals surface area contributed by atoms with Crippen molar-refractivity contribution in [3.8, 4) is 0 Å². The second kappa shape index (κ2) is 4.40. The van der Waals surface area contributed by atoms with Gasteiger partial charge in [0.15, 0.2) is 0 Å². The van der Waals surface area contributed by atoms with Crippen molar-refractivity contribution >= 4 is 17.6 Å². The molecule has 0 radical (unpaired) electrons. The SMILES string of the molecule is CC1C(=O)NCCN1C(=O)c1cccc(N)n1. The second-order valence-electron chi connectivity index (χ2n) is 3.91. The lowest BCUT2D eigenvalue weighted by molar-refractivity contribution is -0.127. The fourth-order valence-corrected chi connectivity index (χ4v) is 1.78. The van der Waals surface area contributed by atoms with Gasteiger partial charge in [0.05, 0.1) is 0 Å². The van der Waals surface area contributed by atoms with Gasteiger partial charge in [0.1, 0.15) is 17.6 Å². The Morgan fingerprint density at radius 2 is 2.35 bits per heavy atom. The summed E-state index contributed by atoms with van der Waals surface area (Å²) in [7, 11) is 0. The summed E-state index contributed by atoms with van der Waals surface area (Å²) in [5, 5.41) is 2.70. The molecule has 90 valence electrons. The first-order chi connectivity index (χ1) is 8.09. The van der Waals surface area contributed by atoms with Crippen molar-refractivity contribution < 1.29 is 9.59 Å². The molecular weight excluding hydrogens is 220 g/mol. The third kappa shape index (κ3) is 2.20. The number of rotatable bonds is 1. The minimum absolute atomic E-state index is 0.145. The van der Waals surface area contributed by atoms with Gasteiger partial charge < -0.3 is 16.0 Å². The summed E-state index contributed by atoms with van der Waals surface area (Å²) >= 11 is 0. The number of nitrogens with zero attached hydrogens (tertiary/aromatic N) is 2. The number of carbonyl (C=O) groups is 2. The van der Waals surface area contributed by atoms with Crippen molar-refractivity contribution in [2.24, 2.45) is 0 Å². The van der Waals surface area contributed by atoms with E-state index < -0.39 is 6.04 Å². The van der Waals surface area contributed by atoms with Crippen LogP contribution < -0.4 is 11.1 Å². The zero-order valence-electron chi connectivity index (χ0n) is 9.51. The highest BCUT2D eigenvalue weighted by molar-refractivity contribution is 5.96. The van der Waals surface area contributed by atoms with Gasteiger partial charge in [0, 0.05) is 13.1 Å². The molecule has 0 saturated carbocycles. The van der Waals surface area contributed by atoms with Gasteiger partial charge in [-0.25, -0.2) is 4.98 Å². The molecule has 6 heteroatoms. The Bertz CT molecular complexity index is 461. The number of carbonyl (C=O) groups excluding carboxylic acids is 2. The van der Waals surface area contributed by atoms with Crippen molar-refractivity contribution in [3.63, 3.8) is 0 Å². The van der Waals surface area contributed by atoms with Crippen molar-refractivity contribution in [3.05, 3.63) is 23.9 Å². The highest BCUT2D eigenvalue weighted by Crippen LogP contribution is 2.10. The predicted molar refractivity (Wildman–Crippen MR) is 62.2 cm³/mol. The van der Waals surface area contributed by atoms with Gasteiger partial charge in [0.2, 0.25) is 5.91 Å². The maximum atomic E-state index is 12.1. The number of anilines is 1. The summed E-state index contributed by atoms with van der Waals surface area (Å²) in [4.78, 5) is 29.1. The first-order valence-corrected chi connectivity index (χ1v) is 5.41. The minimum Gasteiger partial charge on any atom is -0.384 e. The van der Waals surface area contributed by atoms with Crippen LogP contribution in [-0.4, -0.2) is 40.8 Å². The quantitative estimate of drug-likeness (QED) is 0.693. The van der Waals surface area contributed by atoms with Gasteiger partial charge >= 0.3 is 0 Å². The number of hydrogen-bond donors (Lipinski definition) is 2. The van der Waals surface area contributed by atoms with Crippen molar-refractivity contribution in [1.29, 1.82) is 0 Å². The maximum Gasteiger partial charge on any atom is 0.273 e. The molecule has 6 nitrogen and oxygen atoms in total. The van der Waals surface area contributed by atoms with Crippen LogP contribution in [0.2, 0.25) is 0 Å². The minimum atomic E-state index is -0.473. The standard InChI is InChI=1S/C11H14N4O2/c1-7-10(16)13-5-6-15(7)11(17)8-3-2-4-9(12)14-8/h2-4,7H,5-6H2,1H3,(H2,12,14)(H,13,16). The first kappa shape index (κ1) is 11.4. The molecule has 0 aromatic carbocycles. The summed E-state index contributed by atoms with van der Waals surface area (Å²) in [6, 6.07) is 4.41. The van der Waals surface area contributed by atoms with Gasteiger partial charge in [-0.2, -0.15) is 0 Å². The number of aromatic nitrogens is 1. The van der Waals surface area contributed by atoms with Gasteiger partial charge in [-0.3, -0.25) is 9.59 Å². The van der Waals surface area contributed by atoms with E-state index in [4.69, 9.17) is 5.73 Å². The third-order valence-electron chi connectivity index (χ3n) is 2.75. The maximum absolute atomic E-state index is 12.1. The second-order valence-corrected chi connectivity index (χ2v) is 3.91. The molecule has 0 spiro atoms. The molecule has 3 N–H and O–H groups in total.